The van der Waals surface area contributed by atoms with Crippen LogP contribution in [0.25, 0.3) is 10.9 Å². The molecule has 0 spiro atoms. The molecule has 3 N–H and O–H groups in total. The highest BCUT2D eigenvalue weighted by atomic mass is 16.4. The van der Waals surface area contributed by atoms with E-state index in [2.05, 4.69) is 5.32 Å². The molecule has 0 aliphatic carbocycles. The van der Waals surface area contributed by atoms with Crippen LogP contribution in [-0.4, -0.2) is 44.6 Å². The molecular weight excluding hydrogens is 328 g/mol. The molecule has 0 saturated heterocycles. The van der Waals surface area contributed by atoms with Crippen molar-refractivity contribution in [2.24, 2.45) is 0 Å². The van der Waals surface area contributed by atoms with Crippen LogP contribution in [0.1, 0.15) is 30.5 Å². The van der Waals surface area contributed by atoms with E-state index in [1.54, 1.807) is 24.4 Å². The van der Waals surface area contributed by atoms with Gasteiger partial charge in [-0.25, -0.2) is 4.79 Å². The molecule has 0 radical (unpaired) electrons. The van der Waals surface area contributed by atoms with Gasteiger partial charge in [0.25, 0.3) is 0 Å². The van der Waals surface area contributed by atoms with Gasteiger partial charge in [0.1, 0.15) is 6.04 Å². The lowest BCUT2D eigenvalue weighted by molar-refractivity contribution is -0.143. The van der Waals surface area contributed by atoms with Gasteiger partial charge in [0.2, 0.25) is 11.8 Å². The van der Waals surface area contributed by atoms with Gasteiger partial charge < -0.3 is 15.5 Å². The highest BCUT2D eigenvalue weighted by Crippen LogP contribution is 2.15. The zero-order valence-electron chi connectivity index (χ0n) is 13.3. The van der Waals surface area contributed by atoms with Gasteiger partial charge in [-0.05, 0) is 18.6 Å². The van der Waals surface area contributed by atoms with Crippen molar-refractivity contribution >= 4 is 34.7 Å². The lowest BCUT2D eigenvalue weighted by Gasteiger charge is -2.13. The zero-order valence-corrected chi connectivity index (χ0v) is 13.3. The Kier molecular flexibility index (Phi) is 5.89. The van der Waals surface area contributed by atoms with E-state index in [-0.39, 0.29) is 31.6 Å². The summed E-state index contributed by atoms with van der Waals surface area (Å²) in [4.78, 5) is 45.7. The number of rotatable bonds is 8. The van der Waals surface area contributed by atoms with Gasteiger partial charge in [-0.15, -0.1) is 0 Å². The predicted octanol–water partition coefficient (Wildman–Crippen LogP) is 1.50. The highest BCUT2D eigenvalue weighted by molar-refractivity contribution is 5.94. The van der Waals surface area contributed by atoms with Crippen LogP contribution in [0.5, 0.6) is 0 Å². The molecule has 2 rings (SSSR count). The Hall–Kier alpha value is -3.16. The number of nitrogens with zero attached hydrogens (tertiary/aromatic N) is 1. The van der Waals surface area contributed by atoms with Gasteiger partial charge in [0, 0.05) is 30.8 Å². The SMILES string of the molecule is O=C(O)CCC(NC(=O)CCC(=O)n1ccc2ccccc21)C(=O)O. The van der Waals surface area contributed by atoms with Crippen LogP contribution >= 0.6 is 0 Å². The summed E-state index contributed by atoms with van der Waals surface area (Å²) in [5.41, 5.74) is 0.734. The Balaban J connectivity index is 1.91. The fourth-order valence-electron chi connectivity index (χ4n) is 2.43. The Morgan fingerprint density at radius 2 is 1.72 bits per heavy atom. The molecule has 25 heavy (non-hydrogen) atoms. The summed E-state index contributed by atoms with van der Waals surface area (Å²) in [6.45, 7) is 0. The van der Waals surface area contributed by atoms with Crippen LogP contribution in [0.3, 0.4) is 0 Å². The third kappa shape index (κ3) is 4.90. The van der Waals surface area contributed by atoms with E-state index in [1.807, 2.05) is 12.1 Å². The first kappa shape index (κ1) is 18.2. The summed E-state index contributed by atoms with van der Waals surface area (Å²) in [5, 5.41) is 20.7. The Morgan fingerprint density at radius 3 is 2.40 bits per heavy atom. The van der Waals surface area contributed by atoms with Crippen molar-refractivity contribution in [1.82, 2.24) is 9.88 Å². The smallest absolute Gasteiger partial charge is 0.326 e. The molecular formula is C17H18N2O6. The zero-order chi connectivity index (χ0) is 18.4. The molecule has 2 aromatic rings. The van der Waals surface area contributed by atoms with Gasteiger partial charge in [0.15, 0.2) is 0 Å². The van der Waals surface area contributed by atoms with Crippen LogP contribution in [0.15, 0.2) is 36.5 Å². The molecule has 132 valence electrons. The Bertz CT molecular complexity index is 810. The van der Waals surface area contributed by atoms with Gasteiger partial charge in [-0.3, -0.25) is 19.0 Å². The predicted molar refractivity (Wildman–Crippen MR) is 88.2 cm³/mol. The lowest BCUT2D eigenvalue weighted by Crippen LogP contribution is -2.41. The number of benzene rings is 1. The first-order valence-corrected chi connectivity index (χ1v) is 7.71. The number of hydrogen-bond donors (Lipinski definition) is 3. The van der Waals surface area contributed by atoms with Crippen LogP contribution < -0.4 is 5.32 Å². The summed E-state index contributed by atoms with van der Waals surface area (Å²) in [5.74, 6) is -3.34. The van der Waals surface area contributed by atoms with Crippen molar-refractivity contribution in [3.8, 4) is 0 Å². The number of hydrogen-bond acceptors (Lipinski definition) is 4. The van der Waals surface area contributed by atoms with Crippen molar-refractivity contribution in [2.45, 2.75) is 31.7 Å². The fourth-order valence-corrected chi connectivity index (χ4v) is 2.43. The van der Waals surface area contributed by atoms with Crippen LogP contribution in [0.2, 0.25) is 0 Å². The average Bonchev–Trinajstić information content (AvgIpc) is 3.00. The van der Waals surface area contributed by atoms with Crippen molar-refractivity contribution in [3.05, 3.63) is 36.5 Å². The first-order valence-electron chi connectivity index (χ1n) is 7.71. The number of carbonyl (C=O) groups excluding carboxylic acids is 2. The summed E-state index contributed by atoms with van der Waals surface area (Å²) in [6, 6.07) is 7.82. The summed E-state index contributed by atoms with van der Waals surface area (Å²) in [7, 11) is 0. The number of fused-ring (bicyclic) bond motifs is 1. The number of carboxylic acid groups (broad SMARTS) is 2. The molecule has 1 heterocycles. The maximum absolute atomic E-state index is 12.2. The molecule has 1 atom stereocenters. The van der Waals surface area contributed by atoms with E-state index < -0.39 is 23.9 Å². The molecule has 1 aromatic carbocycles. The van der Waals surface area contributed by atoms with Crippen molar-refractivity contribution < 1.29 is 29.4 Å². The number of carbonyl (C=O) groups is 4. The molecule has 1 unspecified atom stereocenters. The normalized spacial score (nSPS) is 11.8. The molecule has 0 aliphatic heterocycles. The summed E-state index contributed by atoms with van der Waals surface area (Å²) < 4.78 is 1.45. The van der Waals surface area contributed by atoms with E-state index in [1.165, 1.54) is 4.57 Å². The number of nitrogens with one attached hydrogen (secondary N) is 1. The largest absolute Gasteiger partial charge is 0.481 e. The lowest BCUT2D eigenvalue weighted by atomic mass is 10.1. The van der Waals surface area contributed by atoms with Gasteiger partial charge >= 0.3 is 11.9 Å². The minimum atomic E-state index is -1.31. The van der Waals surface area contributed by atoms with Crippen LogP contribution in [0.4, 0.5) is 0 Å². The average molecular weight is 346 g/mol. The first-order chi connectivity index (χ1) is 11.9. The monoisotopic (exact) mass is 346 g/mol. The molecule has 0 aliphatic rings. The van der Waals surface area contributed by atoms with Crippen LogP contribution in [0, 0.1) is 0 Å². The minimum absolute atomic E-state index is 0.0875. The summed E-state index contributed by atoms with van der Waals surface area (Å²) in [6.07, 6.45) is 0.772. The third-order valence-electron chi connectivity index (χ3n) is 3.71. The Morgan fingerprint density at radius 1 is 1.00 bits per heavy atom. The second-order valence-corrected chi connectivity index (χ2v) is 5.53. The third-order valence-corrected chi connectivity index (χ3v) is 3.71. The van der Waals surface area contributed by atoms with E-state index in [0.29, 0.717) is 0 Å². The van der Waals surface area contributed by atoms with E-state index >= 15 is 0 Å². The maximum Gasteiger partial charge on any atom is 0.326 e. The van der Waals surface area contributed by atoms with Gasteiger partial charge in [-0.1, -0.05) is 18.2 Å². The van der Waals surface area contributed by atoms with E-state index in [4.69, 9.17) is 10.2 Å². The number of aromatic nitrogens is 1. The van der Waals surface area contributed by atoms with Gasteiger partial charge in [-0.2, -0.15) is 0 Å². The summed E-state index contributed by atoms with van der Waals surface area (Å²) >= 11 is 0. The minimum Gasteiger partial charge on any atom is -0.481 e. The molecule has 1 amide bonds. The van der Waals surface area contributed by atoms with Crippen LogP contribution in [-0.2, 0) is 14.4 Å². The Labute approximate surface area is 143 Å². The van der Waals surface area contributed by atoms with E-state index in [9.17, 15) is 19.2 Å². The standard InChI is InChI=1S/C17H18N2O6/c20-14(18-12(17(24)25)5-8-16(22)23)6-7-15(21)19-10-9-11-3-1-2-4-13(11)19/h1-4,9-10,12H,5-8H2,(H,18,20)(H,22,23)(H,24,25). The quantitative estimate of drug-likeness (QED) is 0.665. The number of amides is 1. The molecule has 8 heteroatoms. The number of para-hydroxylation sites is 1. The van der Waals surface area contributed by atoms with Crippen molar-refractivity contribution in [3.63, 3.8) is 0 Å². The van der Waals surface area contributed by atoms with E-state index in [0.717, 1.165) is 10.9 Å². The van der Waals surface area contributed by atoms with Crippen molar-refractivity contribution in [1.29, 1.82) is 0 Å². The second-order valence-electron chi connectivity index (χ2n) is 5.53. The molecule has 8 nitrogen and oxygen atoms in total. The molecule has 0 fully saturated rings. The topological polar surface area (TPSA) is 126 Å². The number of aliphatic carboxylic acids is 2. The van der Waals surface area contributed by atoms with Gasteiger partial charge in [0.05, 0.1) is 5.52 Å². The highest BCUT2D eigenvalue weighted by Gasteiger charge is 2.21. The molecule has 0 bridgehead atoms. The molecule has 0 saturated carbocycles. The fraction of sp³-hybridized carbons (Fsp3) is 0.294. The second kappa shape index (κ2) is 8.09. The van der Waals surface area contributed by atoms with Crippen molar-refractivity contribution in [2.75, 3.05) is 0 Å². The number of carboxylic acids is 2. The molecule has 1 aromatic heterocycles. The maximum atomic E-state index is 12.2.